The minimum Gasteiger partial charge on any atom is -0.378 e. The summed E-state index contributed by atoms with van der Waals surface area (Å²) in [5.41, 5.74) is 0. The summed E-state index contributed by atoms with van der Waals surface area (Å²) in [4.78, 5) is 19.0. The molecule has 0 aromatic carbocycles. The number of hydrogen-bond acceptors (Lipinski definition) is 8. The number of halogens is 1. The Labute approximate surface area is 131 Å². The second-order valence-corrected chi connectivity index (χ2v) is 5.75. The van der Waals surface area contributed by atoms with E-state index in [9.17, 15) is 0 Å². The van der Waals surface area contributed by atoms with Crippen LogP contribution in [0, 0.1) is 0 Å². The maximum atomic E-state index is 5.98. The van der Waals surface area contributed by atoms with Crippen molar-refractivity contribution >= 4 is 34.8 Å². The number of rotatable bonds is 5. The highest BCUT2D eigenvalue weighted by Crippen LogP contribution is 2.15. The molecule has 1 N–H and O–H groups in total. The van der Waals surface area contributed by atoms with Gasteiger partial charge in [-0.25, -0.2) is 4.98 Å². The molecule has 0 atom stereocenters. The van der Waals surface area contributed by atoms with Crippen molar-refractivity contribution in [3.8, 4) is 0 Å². The maximum absolute atomic E-state index is 5.98. The summed E-state index contributed by atoms with van der Waals surface area (Å²) in [6, 6.07) is 0. The van der Waals surface area contributed by atoms with E-state index in [4.69, 9.17) is 16.3 Å². The van der Waals surface area contributed by atoms with Gasteiger partial charge in [0.15, 0.2) is 0 Å². The smallest absolute Gasteiger partial charge is 0.231 e. The van der Waals surface area contributed by atoms with Gasteiger partial charge < -0.3 is 15.0 Å². The topological polar surface area (TPSA) is 76.1 Å². The van der Waals surface area contributed by atoms with Crippen molar-refractivity contribution in [3.63, 3.8) is 0 Å². The van der Waals surface area contributed by atoms with E-state index in [2.05, 4.69) is 25.3 Å². The summed E-state index contributed by atoms with van der Waals surface area (Å²) in [7, 11) is 0. The number of nitrogens with one attached hydrogen (secondary N) is 1. The third-order valence-corrected chi connectivity index (χ3v) is 4.00. The van der Waals surface area contributed by atoms with Crippen LogP contribution < -0.4 is 10.2 Å². The zero-order valence-electron chi connectivity index (χ0n) is 11.3. The molecule has 0 amide bonds. The fourth-order valence-corrected chi connectivity index (χ4v) is 2.76. The van der Waals surface area contributed by atoms with Crippen LogP contribution in [0.25, 0.3) is 0 Å². The quantitative estimate of drug-likeness (QED) is 0.891. The molecule has 9 heteroatoms. The molecule has 3 rings (SSSR count). The van der Waals surface area contributed by atoms with Crippen LogP contribution in [0.2, 0.25) is 5.28 Å². The van der Waals surface area contributed by atoms with Crippen LogP contribution in [0.5, 0.6) is 0 Å². The standard InChI is InChI=1S/C12H15ClN6OS/c13-10-16-11(15-2-1-9-14-3-8-21-9)18-12(17-10)19-4-6-20-7-5-19/h3,8H,1-2,4-7H2,(H,15,16,17,18). The number of thiazole rings is 1. The van der Waals surface area contributed by atoms with Crippen molar-refractivity contribution in [1.29, 1.82) is 0 Å². The third kappa shape index (κ3) is 3.99. The predicted molar refractivity (Wildman–Crippen MR) is 82.2 cm³/mol. The minimum absolute atomic E-state index is 0.197. The lowest BCUT2D eigenvalue weighted by Crippen LogP contribution is -2.37. The average Bonchev–Trinajstić information content (AvgIpc) is 3.01. The monoisotopic (exact) mass is 326 g/mol. The Balaban J connectivity index is 1.63. The first-order valence-corrected chi connectivity index (χ1v) is 7.93. The molecule has 1 aliphatic heterocycles. The zero-order valence-corrected chi connectivity index (χ0v) is 12.9. The maximum Gasteiger partial charge on any atom is 0.231 e. The van der Waals surface area contributed by atoms with Gasteiger partial charge in [-0.1, -0.05) is 0 Å². The van der Waals surface area contributed by atoms with Gasteiger partial charge in [-0.15, -0.1) is 11.3 Å². The van der Waals surface area contributed by atoms with Gasteiger partial charge in [0.1, 0.15) is 0 Å². The molecule has 0 saturated carbocycles. The highest BCUT2D eigenvalue weighted by Gasteiger charge is 2.15. The molecule has 1 fully saturated rings. The van der Waals surface area contributed by atoms with Gasteiger partial charge in [0.25, 0.3) is 0 Å². The van der Waals surface area contributed by atoms with Crippen LogP contribution in [0.4, 0.5) is 11.9 Å². The molecule has 0 aliphatic carbocycles. The molecule has 7 nitrogen and oxygen atoms in total. The first-order valence-electron chi connectivity index (χ1n) is 6.68. The largest absolute Gasteiger partial charge is 0.378 e. The molecule has 112 valence electrons. The third-order valence-electron chi connectivity index (χ3n) is 3.00. The highest BCUT2D eigenvalue weighted by atomic mass is 35.5. The van der Waals surface area contributed by atoms with Crippen molar-refractivity contribution < 1.29 is 4.74 Å². The average molecular weight is 327 g/mol. The summed E-state index contributed by atoms with van der Waals surface area (Å²) >= 11 is 7.61. The van der Waals surface area contributed by atoms with Crippen LogP contribution >= 0.6 is 22.9 Å². The van der Waals surface area contributed by atoms with Gasteiger partial charge in [-0.05, 0) is 11.6 Å². The van der Waals surface area contributed by atoms with E-state index < -0.39 is 0 Å². The fraction of sp³-hybridized carbons (Fsp3) is 0.500. The van der Waals surface area contributed by atoms with Crippen molar-refractivity contribution in [1.82, 2.24) is 19.9 Å². The second kappa shape index (κ2) is 6.97. The predicted octanol–water partition coefficient (Wildman–Crippen LogP) is 1.47. The Kier molecular flexibility index (Phi) is 4.79. The molecule has 0 spiro atoms. The molecule has 0 radical (unpaired) electrons. The Morgan fingerprint density at radius 1 is 1.29 bits per heavy atom. The minimum atomic E-state index is 0.197. The van der Waals surface area contributed by atoms with Gasteiger partial charge in [0.05, 0.1) is 18.2 Å². The Bertz CT molecular complexity index is 575. The van der Waals surface area contributed by atoms with E-state index in [0.29, 0.717) is 31.7 Å². The fourth-order valence-electron chi connectivity index (χ4n) is 1.98. The van der Waals surface area contributed by atoms with Crippen molar-refractivity contribution in [2.45, 2.75) is 6.42 Å². The number of anilines is 2. The van der Waals surface area contributed by atoms with E-state index in [0.717, 1.165) is 24.5 Å². The number of nitrogens with zero attached hydrogens (tertiary/aromatic N) is 5. The lowest BCUT2D eigenvalue weighted by atomic mass is 10.4. The Hall–Kier alpha value is -1.51. The van der Waals surface area contributed by atoms with Crippen LogP contribution in [0.15, 0.2) is 11.6 Å². The Morgan fingerprint density at radius 3 is 2.90 bits per heavy atom. The number of hydrogen-bond donors (Lipinski definition) is 1. The van der Waals surface area contributed by atoms with Crippen molar-refractivity contribution in [2.24, 2.45) is 0 Å². The lowest BCUT2D eigenvalue weighted by Gasteiger charge is -2.26. The van der Waals surface area contributed by atoms with Crippen LogP contribution in [-0.2, 0) is 11.2 Å². The molecule has 1 aliphatic rings. The van der Waals surface area contributed by atoms with Gasteiger partial charge >= 0.3 is 0 Å². The van der Waals surface area contributed by atoms with Gasteiger partial charge in [-0.2, -0.15) is 15.0 Å². The Morgan fingerprint density at radius 2 is 2.14 bits per heavy atom. The first kappa shape index (κ1) is 14.4. The SMILES string of the molecule is Clc1nc(NCCc2nccs2)nc(N2CCOCC2)n1. The van der Waals surface area contributed by atoms with Gasteiger partial charge in [0, 0.05) is 37.6 Å². The van der Waals surface area contributed by atoms with Crippen LogP contribution in [0.3, 0.4) is 0 Å². The zero-order chi connectivity index (χ0) is 14.5. The summed E-state index contributed by atoms with van der Waals surface area (Å²) in [5.74, 6) is 1.09. The first-order chi connectivity index (χ1) is 10.3. The second-order valence-electron chi connectivity index (χ2n) is 4.43. The van der Waals surface area contributed by atoms with Gasteiger partial charge in [0.2, 0.25) is 17.2 Å². The van der Waals surface area contributed by atoms with E-state index in [-0.39, 0.29) is 5.28 Å². The van der Waals surface area contributed by atoms with Crippen molar-refractivity contribution in [3.05, 3.63) is 21.9 Å². The van der Waals surface area contributed by atoms with Gasteiger partial charge in [-0.3, -0.25) is 0 Å². The molecule has 2 aromatic rings. The number of morpholine rings is 1. The van der Waals surface area contributed by atoms with E-state index in [1.54, 1.807) is 17.5 Å². The normalized spacial score (nSPS) is 15.2. The molecule has 1 saturated heterocycles. The highest BCUT2D eigenvalue weighted by molar-refractivity contribution is 7.09. The lowest BCUT2D eigenvalue weighted by molar-refractivity contribution is 0.122. The van der Waals surface area contributed by atoms with Crippen LogP contribution in [0.1, 0.15) is 5.01 Å². The molecular weight excluding hydrogens is 312 g/mol. The number of ether oxygens (including phenoxy) is 1. The number of aromatic nitrogens is 4. The molecular formula is C12H15ClN6OS. The van der Waals surface area contributed by atoms with Crippen LogP contribution in [-0.4, -0.2) is 52.8 Å². The summed E-state index contributed by atoms with van der Waals surface area (Å²) < 4.78 is 5.32. The molecule has 21 heavy (non-hydrogen) atoms. The summed E-state index contributed by atoms with van der Waals surface area (Å²) in [5, 5.41) is 6.41. The van der Waals surface area contributed by atoms with E-state index >= 15 is 0 Å². The molecule has 0 unspecified atom stereocenters. The summed E-state index contributed by atoms with van der Waals surface area (Å²) in [6.07, 6.45) is 2.63. The van der Waals surface area contributed by atoms with Crippen molar-refractivity contribution in [2.75, 3.05) is 43.1 Å². The molecule has 2 aromatic heterocycles. The molecule has 3 heterocycles. The van der Waals surface area contributed by atoms with E-state index in [1.165, 1.54) is 0 Å². The van der Waals surface area contributed by atoms with E-state index in [1.807, 2.05) is 10.3 Å². The summed E-state index contributed by atoms with van der Waals surface area (Å²) in [6.45, 7) is 3.58. The molecule has 0 bridgehead atoms.